The summed E-state index contributed by atoms with van der Waals surface area (Å²) in [4.78, 5) is 0. The molecule has 8 atom stereocenters. The van der Waals surface area contributed by atoms with Gasteiger partial charge in [-0.25, -0.2) is 0 Å². The van der Waals surface area contributed by atoms with Gasteiger partial charge in [0.15, 0.2) is 0 Å². The summed E-state index contributed by atoms with van der Waals surface area (Å²) < 4.78 is 40.4. The van der Waals surface area contributed by atoms with Crippen molar-refractivity contribution in [2.45, 2.75) is 96.9 Å². The van der Waals surface area contributed by atoms with Gasteiger partial charge < -0.3 is 5.11 Å². The zero-order valence-electron chi connectivity index (χ0n) is 20.3. The third kappa shape index (κ3) is 3.79. The van der Waals surface area contributed by atoms with Crippen LogP contribution in [0.3, 0.4) is 0 Å². The number of allylic oxidation sites excluding steroid dienone is 1. The van der Waals surface area contributed by atoms with E-state index in [0.717, 1.165) is 55.5 Å². The van der Waals surface area contributed by atoms with Crippen molar-refractivity contribution in [2.75, 3.05) is 0 Å². The lowest BCUT2D eigenvalue weighted by Crippen LogP contribution is -2.55. The van der Waals surface area contributed by atoms with Crippen LogP contribution >= 0.6 is 0 Å². The Morgan fingerprint density at radius 3 is 2.48 bits per heavy atom. The largest absolute Gasteiger partial charge is 0.419 e. The highest BCUT2D eigenvalue weighted by atomic mass is 19.4. The number of halogens is 3. The van der Waals surface area contributed by atoms with Gasteiger partial charge in [-0.2, -0.15) is 18.3 Å². The van der Waals surface area contributed by atoms with Crippen LogP contribution in [0.25, 0.3) is 0 Å². The molecule has 0 radical (unpaired) electrons. The first kappa shape index (κ1) is 23.4. The third-order valence-electron chi connectivity index (χ3n) is 10.8. The van der Waals surface area contributed by atoms with E-state index in [4.69, 9.17) is 0 Å². The summed E-state index contributed by atoms with van der Waals surface area (Å²) >= 11 is 0. The summed E-state index contributed by atoms with van der Waals surface area (Å²) in [6, 6.07) is 0. The molecule has 0 saturated heterocycles. The molecular formula is C27H39F3N2O. The van der Waals surface area contributed by atoms with Crippen molar-refractivity contribution < 1.29 is 18.3 Å². The molecule has 1 aromatic rings. The van der Waals surface area contributed by atoms with Crippen LogP contribution in [-0.2, 0) is 12.7 Å². The number of rotatable bonds is 3. The van der Waals surface area contributed by atoms with Crippen LogP contribution in [0.4, 0.5) is 13.2 Å². The molecule has 4 fully saturated rings. The lowest BCUT2D eigenvalue weighted by molar-refractivity contribution is -0.145. The van der Waals surface area contributed by atoms with Gasteiger partial charge in [0.25, 0.3) is 0 Å². The Hall–Kier alpha value is -1.30. The summed E-state index contributed by atoms with van der Waals surface area (Å²) in [5.41, 5.74) is 0.355. The van der Waals surface area contributed by atoms with Crippen LogP contribution in [0, 0.1) is 40.4 Å². The lowest BCUT2D eigenvalue weighted by Gasteiger charge is -2.62. The number of aliphatic hydroxyl groups is 1. The summed E-state index contributed by atoms with van der Waals surface area (Å²) in [5.74, 6) is 3.10. The fourth-order valence-electron chi connectivity index (χ4n) is 9.02. The zero-order valence-corrected chi connectivity index (χ0v) is 20.3. The first-order valence-electron chi connectivity index (χ1n) is 12.8. The van der Waals surface area contributed by atoms with E-state index < -0.39 is 17.3 Å². The number of aromatic nitrogens is 2. The average Bonchev–Trinajstić information content (AvgIpc) is 3.32. The van der Waals surface area contributed by atoms with Crippen molar-refractivity contribution in [3.05, 3.63) is 30.1 Å². The summed E-state index contributed by atoms with van der Waals surface area (Å²) in [5, 5.41) is 14.7. The van der Waals surface area contributed by atoms with E-state index in [-0.39, 0.29) is 5.41 Å². The number of alkyl halides is 3. The van der Waals surface area contributed by atoms with Gasteiger partial charge in [-0.15, -0.1) is 0 Å². The van der Waals surface area contributed by atoms with Crippen molar-refractivity contribution in [1.82, 2.24) is 9.78 Å². The molecular weight excluding hydrogens is 425 g/mol. The molecule has 1 N–H and O–H groups in total. The second kappa shape index (κ2) is 7.60. The van der Waals surface area contributed by atoms with Gasteiger partial charge in [0.05, 0.1) is 23.9 Å². The molecule has 33 heavy (non-hydrogen) atoms. The highest BCUT2D eigenvalue weighted by Gasteiger charge is 2.61. The number of hydrogen-bond acceptors (Lipinski definition) is 2. The standard InChI is InChI=1S/C27H39F3N2O/c1-17(15-32-16-19(14-31-32)27(28,29)30)21-7-8-22-20-6-5-18-13-24(2,33)11-12-25(18,3)23(20)9-10-26(21,22)4/h14,16,18,20-23,33H,1,5-13,15H2,2-4H3/t18-,20+,21-,22+,23+,24-,25+,26-/m1/s1. The zero-order chi connectivity index (χ0) is 23.8. The van der Waals surface area contributed by atoms with Crippen molar-refractivity contribution in [2.24, 2.45) is 40.4 Å². The fourth-order valence-corrected chi connectivity index (χ4v) is 9.02. The van der Waals surface area contributed by atoms with E-state index in [0.29, 0.717) is 29.7 Å². The third-order valence-corrected chi connectivity index (χ3v) is 10.8. The number of fused-ring (bicyclic) bond motifs is 5. The summed E-state index contributed by atoms with van der Waals surface area (Å²) in [6.07, 6.45) is 7.83. The molecule has 0 aliphatic heterocycles. The van der Waals surface area contributed by atoms with E-state index in [9.17, 15) is 18.3 Å². The predicted molar refractivity (Wildman–Crippen MR) is 122 cm³/mol. The molecule has 0 unspecified atom stereocenters. The molecule has 0 bridgehead atoms. The SMILES string of the molecule is C=C(Cn1cc(C(F)(F)F)cn1)[C@H]1CC[C@H]2[C@@H]3CC[C@@H]4C[C@](C)(O)CC[C@]4(C)[C@H]3CC[C@]12C. The smallest absolute Gasteiger partial charge is 0.390 e. The normalized spacial score (nSPS) is 45.2. The Bertz CT molecular complexity index is 921. The van der Waals surface area contributed by atoms with Gasteiger partial charge in [0, 0.05) is 6.20 Å². The Kier molecular flexibility index (Phi) is 5.40. The van der Waals surface area contributed by atoms with Gasteiger partial charge >= 0.3 is 6.18 Å². The molecule has 3 nitrogen and oxygen atoms in total. The highest BCUT2D eigenvalue weighted by Crippen LogP contribution is 2.68. The molecule has 5 rings (SSSR count). The highest BCUT2D eigenvalue weighted by molar-refractivity contribution is 5.18. The molecule has 0 aromatic carbocycles. The fraction of sp³-hybridized carbons (Fsp3) is 0.815. The van der Waals surface area contributed by atoms with Crippen LogP contribution in [0.2, 0.25) is 0 Å². The maximum atomic E-state index is 13.0. The van der Waals surface area contributed by atoms with Crippen LogP contribution in [-0.4, -0.2) is 20.5 Å². The quantitative estimate of drug-likeness (QED) is 0.496. The van der Waals surface area contributed by atoms with Crippen molar-refractivity contribution in [3.63, 3.8) is 0 Å². The first-order valence-corrected chi connectivity index (χ1v) is 12.8. The van der Waals surface area contributed by atoms with Crippen molar-refractivity contribution >= 4 is 0 Å². The molecule has 0 amide bonds. The lowest BCUT2D eigenvalue weighted by atomic mass is 9.44. The van der Waals surface area contributed by atoms with E-state index in [1.807, 2.05) is 6.92 Å². The Morgan fingerprint density at radius 2 is 1.79 bits per heavy atom. The van der Waals surface area contributed by atoms with Gasteiger partial charge in [-0.05, 0) is 105 Å². The van der Waals surface area contributed by atoms with Crippen LogP contribution in [0.1, 0.15) is 84.1 Å². The van der Waals surface area contributed by atoms with Crippen molar-refractivity contribution in [3.8, 4) is 0 Å². The van der Waals surface area contributed by atoms with Gasteiger partial charge in [-0.3, -0.25) is 4.68 Å². The molecule has 184 valence electrons. The van der Waals surface area contributed by atoms with Crippen LogP contribution in [0.5, 0.6) is 0 Å². The molecule has 1 aromatic heterocycles. The van der Waals surface area contributed by atoms with E-state index >= 15 is 0 Å². The minimum Gasteiger partial charge on any atom is -0.390 e. The topological polar surface area (TPSA) is 38.0 Å². The van der Waals surface area contributed by atoms with E-state index in [2.05, 4.69) is 25.5 Å². The van der Waals surface area contributed by atoms with Gasteiger partial charge in [0.2, 0.25) is 0 Å². The van der Waals surface area contributed by atoms with E-state index in [1.165, 1.54) is 36.8 Å². The average molecular weight is 465 g/mol. The Morgan fingerprint density at radius 1 is 1.06 bits per heavy atom. The maximum Gasteiger partial charge on any atom is 0.419 e. The number of hydrogen-bond donors (Lipinski definition) is 1. The Labute approximate surface area is 195 Å². The minimum atomic E-state index is -4.36. The second-order valence-corrected chi connectivity index (χ2v) is 12.6. The van der Waals surface area contributed by atoms with Gasteiger partial charge in [0.1, 0.15) is 0 Å². The van der Waals surface area contributed by atoms with Crippen LogP contribution < -0.4 is 0 Å². The van der Waals surface area contributed by atoms with Crippen molar-refractivity contribution in [1.29, 1.82) is 0 Å². The Balaban J connectivity index is 1.31. The minimum absolute atomic E-state index is 0.182. The second-order valence-electron chi connectivity index (χ2n) is 12.6. The van der Waals surface area contributed by atoms with Gasteiger partial charge in [-0.1, -0.05) is 26.0 Å². The first-order chi connectivity index (χ1) is 15.3. The molecule has 4 aliphatic rings. The number of nitrogens with zero attached hydrogens (tertiary/aromatic N) is 2. The summed E-state index contributed by atoms with van der Waals surface area (Å²) in [7, 11) is 0. The monoisotopic (exact) mass is 464 g/mol. The molecule has 0 spiro atoms. The maximum absolute atomic E-state index is 13.0. The summed E-state index contributed by atoms with van der Waals surface area (Å²) in [6.45, 7) is 11.7. The molecule has 4 saturated carbocycles. The molecule has 6 heteroatoms. The van der Waals surface area contributed by atoms with E-state index in [1.54, 1.807) is 0 Å². The molecule has 4 aliphatic carbocycles. The molecule has 1 heterocycles. The predicted octanol–water partition coefficient (Wildman–Crippen LogP) is 6.87. The van der Waals surface area contributed by atoms with Crippen LogP contribution in [0.15, 0.2) is 24.5 Å².